The Kier molecular flexibility index (Phi) is 4.75. The summed E-state index contributed by atoms with van der Waals surface area (Å²) in [7, 11) is 0. The summed E-state index contributed by atoms with van der Waals surface area (Å²) in [6, 6.07) is 8.94. The molecule has 0 saturated heterocycles. The molecule has 27 heavy (non-hydrogen) atoms. The molecule has 0 bridgehead atoms. The van der Waals surface area contributed by atoms with E-state index in [0.29, 0.717) is 39.3 Å². The second-order valence-corrected chi connectivity index (χ2v) is 7.31. The summed E-state index contributed by atoms with van der Waals surface area (Å²) in [6.07, 6.45) is 1.64. The van der Waals surface area contributed by atoms with Crippen LogP contribution in [0.2, 0.25) is 5.02 Å². The first kappa shape index (κ1) is 17.8. The van der Waals surface area contributed by atoms with Crippen molar-refractivity contribution in [3.63, 3.8) is 0 Å². The zero-order chi connectivity index (χ0) is 19.0. The van der Waals surface area contributed by atoms with Crippen LogP contribution < -0.4 is 5.56 Å². The number of aromatic nitrogens is 5. The Labute approximate surface area is 164 Å². The minimum Gasteiger partial charge on any atom is -0.361 e. The summed E-state index contributed by atoms with van der Waals surface area (Å²) in [5, 5.41) is 5.17. The Morgan fingerprint density at radius 3 is 2.70 bits per heavy atom. The standard InChI is InChI=1S/C18H16ClN5O2S/c1-3-23-10-20-15-16(23)21-18(27-9-13-8-11(2)26-22-13)24(17(15)25)14-6-4-12(19)5-7-14/h4-8,10H,3,9H2,1-2H3. The van der Waals surface area contributed by atoms with Crippen LogP contribution in [0.1, 0.15) is 18.4 Å². The molecule has 4 aromatic rings. The molecule has 0 aliphatic rings. The van der Waals surface area contributed by atoms with Crippen molar-refractivity contribution in [1.82, 2.24) is 24.3 Å². The van der Waals surface area contributed by atoms with Gasteiger partial charge in [-0.2, -0.15) is 0 Å². The van der Waals surface area contributed by atoms with E-state index in [-0.39, 0.29) is 5.56 Å². The van der Waals surface area contributed by atoms with E-state index in [1.165, 1.54) is 11.8 Å². The normalized spacial score (nSPS) is 11.4. The Bertz CT molecular complexity index is 1160. The number of imidazole rings is 1. The lowest BCUT2D eigenvalue weighted by atomic mass is 10.3. The minimum absolute atomic E-state index is 0.214. The zero-order valence-electron chi connectivity index (χ0n) is 14.7. The molecule has 0 spiro atoms. The van der Waals surface area contributed by atoms with E-state index < -0.39 is 0 Å². The first-order chi connectivity index (χ1) is 13.1. The van der Waals surface area contributed by atoms with Crippen LogP contribution in [0.3, 0.4) is 0 Å². The Morgan fingerprint density at radius 2 is 2.04 bits per heavy atom. The maximum Gasteiger partial charge on any atom is 0.286 e. The average molecular weight is 402 g/mol. The highest BCUT2D eigenvalue weighted by atomic mass is 35.5. The number of nitrogens with zero attached hydrogens (tertiary/aromatic N) is 5. The molecule has 0 aliphatic carbocycles. The predicted molar refractivity (Wildman–Crippen MR) is 105 cm³/mol. The fourth-order valence-electron chi connectivity index (χ4n) is 2.75. The van der Waals surface area contributed by atoms with E-state index in [2.05, 4.69) is 10.1 Å². The third-order valence-corrected chi connectivity index (χ3v) is 5.28. The van der Waals surface area contributed by atoms with E-state index in [0.717, 1.165) is 11.5 Å². The maximum atomic E-state index is 13.1. The molecule has 3 aromatic heterocycles. The van der Waals surface area contributed by atoms with Crippen molar-refractivity contribution in [2.24, 2.45) is 0 Å². The Hall–Kier alpha value is -2.58. The summed E-state index contributed by atoms with van der Waals surface area (Å²) >= 11 is 7.42. The minimum atomic E-state index is -0.214. The fraction of sp³-hybridized carbons (Fsp3) is 0.222. The summed E-state index contributed by atoms with van der Waals surface area (Å²) in [4.78, 5) is 22.1. The summed E-state index contributed by atoms with van der Waals surface area (Å²) in [5.74, 6) is 1.27. The van der Waals surface area contributed by atoms with Gasteiger partial charge in [-0.05, 0) is 38.1 Å². The molecule has 0 atom stereocenters. The lowest BCUT2D eigenvalue weighted by molar-refractivity contribution is 0.393. The molecule has 0 fully saturated rings. The highest BCUT2D eigenvalue weighted by molar-refractivity contribution is 7.98. The number of fused-ring (bicyclic) bond motifs is 1. The molecule has 0 N–H and O–H groups in total. The van der Waals surface area contributed by atoms with Crippen molar-refractivity contribution in [3.8, 4) is 5.69 Å². The molecule has 9 heteroatoms. The van der Waals surface area contributed by atoms with Gasteiger partial charge in [0.1, 0.15) is 5.76 Å². The van der Waals surface area contributed by atoms with Crippen molar-refractivity contribution in [2.75, 3.05) is 0 Å². The van der Waals surface area contributed by atoms with Crippen LogP contribution in [-0.2, 0) is 12.3 Å². The number of aryl methyl sites for hydroxylation is 2. The van der Waals surface area contributed by atoms with E-state index in [1.54, 1.807) is 35.2 Å². The predicted octanol–water partition coefficient (Wildman–Crippen LogP) is 3.84. The smallest absolute Gasteiger partial charge is 0.286 e. The van der Waals surface area contributed by atoms with E-state index in [1.807, 2.05) is 24.5 Å². The Balaban J connectivity index is 1.86. The molecule has 0 amide bonds. The molecule has 0 saturated carbocycles. The van der Waals surface area contributed by atoms with Gasteiger partial charge in [-0.3, -0.25) is 9.36 Å². The van der Waals surface area contributed by atoms with Crippen LogP contribution in [0, 0.1) is 6.92 Å². The van der Waals surface area contributed by atoms with Gasteiger partial charge in [-0.1, -0.05) is 28.5 Å². The molecular weight excluding hydrogens is 386 g/mol. The van der Waals surface area contributed by atoms with Crippen molar-refractivity contribution >= 4 is 34.5 Å². The lowest BCUT2D eigenvalue weighted by Gasteiger charge is -2.12. The molecule has 4 rings (SSSR count). The number of hydrogen-bond donors (Lipinski definition) is 0. The van der Waals surface area contributed by atoms with Crippen LogP contribution in [0.15, 0.2) is 51.1 Å². The largest absolute Gasteiger partial charge is 0.361 e. The monoisotopic (exact) mass is 401 g/mol. The van der Waals surface area contributed by atoms with Crippen LogP contribution in [0.5, 0.6) is 0 Å². The number of thioether (sulfide) groups is 1. The highest BCUT2D eigenvalue weighted by Gasteiger charge is 2.17. The molecule has 0 radical (unpaired) electrons. The van der Waals surface area contributed by atoms with Gasteiger partial charge in [0.05, 0.1) is 17.7 Å². The SMILES string of the molecule is CCn1cnc2c(=O)n(-c3ccc(Cl)cc3)c(SCc3cc(C)on3)nc21. The van der Waals surface area contributed by atoms with Crippen molar-refractivity contribution in [3.05, 3.63) is 63.5 Å². The summed E-state index contributed by atoms with van der Waals surface area (Å²) in [6.45, 7) is 4.51. The van der Waals surface area contributed by atoms with Gasteiger partial charge in [0.25, 0.3) is 5.56 Å². The van der Waals surface area contributed by atoms with Gasteiger partial charge in [-0.25, -0.2) is 9.97 Å². The third-order valence-electron chi connectivity index (χ3n) is 4.06. The van der Waals surface area contributed by atoms with E-state index >= 15 is 0 Å². The molecule has 0 unspecified atom stereocenters. The average Bonchev–Trinajstić information content (AvgIpc) is 3.27. The van der Waals surface area contributed by atoms with Crippen LogP contribution in [-0.4, -0.2) is 24.3 Å². The molecule has 0 aliphatic heterocycles. The van der Waals surface area contributed by atoms with E-state index in [9.17, 15) is 4.79 Å². The highest BCUT2D eigenvalue weighted by Crippen LogP contribution is 2.25. The van der Waals surface area contributed by atoms with Gasteiger partial charge in [0.2, 0.25) is 0 Å². The van der Waals surface area contributed by atoms with Crippen molar-refractivity contribution < 1.29 is 4.52 Å². The number of rotatable bonds is 5. The second kappa shape index (κ2) is 7.21. The van der Waals surface area contributed by atoms with Crippen LogP contribution >= 0.6 is 23.4 Å². The quantitative estimate of drug-likeness (QED) is 0.373. The molecule has 3 heterocycles. The molecule has 138 valence electrons. The van der Waals surface area contributed by atoms with E-state index in [4.69, 9.17) is 21.1 Å². The lowest BCUT2D eigenvalue weighted by Crippen LogP contribution is -2.22. The Morgan fingerprint density at radius 1 is 1.26 bits per heavy atom. The molecular formula is C18H16ClN5O2S. The van der Waals surface area contributed by atoms with Gasteiger partial charge in [-0.15, -0.1) is 0 Å². The summed E-state index contributed by atoms with van der Waals surface area (Å²) < 4.78 is 8.53. The number of hydrogen-bond acceptors (Lipinski definition) is 6. The summed E-state index contributed by atoms with van der Waals surface area (Å²) in [5.41, 5.74) is 2.18. The number of benzene rings is 1. The third kappa shape index (κ3) is 3.38. The second-order valence-electron chi connectivity index (χ2n) is 5.93. The fourth-order valence-corrected chi connectivity index (χ4v) is 3.76. The van der Waals surface area contributed by atoms with Gasteiger partial charge >= 0.3 is 0 Å². The van der Waals surface area contributed by atoms with Crippen LogP contribution in [0.4, 0.5) is 0 Å². The maximum absolute atomic E-state index is 13.1. The zero-order valence-corrected chi connectivity index (χ0v) is 16.3. The topological polar surface area (TPSA) is 78.7 Å². The van der Waals surface area contributed by atoms with Crippen molar-refractivity contribution in [2.45, 2.75) is 31.3 Å². The van der Waals surface area contributed by atoms with Gasteiger partial charge < -0.3 is 9.09 Å². The molecule has 7 nitrogen and oxygen atoms in total. The molecule has 1 aromatic carbocycles. The number of halogens is 1. The first-order valence-corrected chi connectivity index (χ1v) is 9.72. The van der Waals surface area contributed by atoms with Crippen molar-refractivity contribution in [1.29, 1.82) is 0 Å². The van der Waals surface area contributed by atoms with Crippen LogP contribution in [0.25, 0.3) is 16.9 Å². The van der Waals surface area contributed by atoms with Gasteiger partial charge in [0.15, 0.2) is 16.3 Å². The first-order valence-electron chi connectivity index (χ1n) is 8.35. The van der Waals surface area contributed by atoms with Gasteiger partial charge in [0, 0.05) is 23.4 Å².